The first-order chi connectivity index (χ1) is 12.6. The van der Waals surface area contributed by atoms with Crippen molar-refractivity contribution in [1.82, 2.24) is 9.88 Å². The molecule has 4 rings (SSSR count). The predicted octanol–water partition coefficient (Wildman–Crippen LogP) is 2.69. The zero-order valence-electron chi connectivity index (χ0n) is 15.0. The first-order valence-electron chi connectivity index (χ1n) is 9.29. The molecule has 3 atom stereocenters. The Balaban J connectivity index is 1.24. The Morgan fingerprint density at radius 2 is 2.27 bits per heavy atom. The fraction of sp³-hybridized carbons (Fsp3) is 0.684. The Morgan fingerprint density at radius 1 is 1.42 bits per heavy atom. The first-order valence-corrected chi connectivity index (χ1v) is 9.66. The number of halogens is 1. The molecule has 142 valence electrons. The largest absolute Gasteiger partial charge is 0.489 e. The maximum atomic E-state index is 12.6. The molecule has 1 aliphatic carbocycles. The number of hydrogen-bond acceptors (Lipinski definition) is 5. The lowest BCUT2D eigenvalue weighted by atomic mass is 9.77. The maximum absolute atomic E-state index is 12.6. The van der Waals surface area contributed by atoms with Crippen LogP contribution >= 0.6 is 11.6 Å². The normalized spacial score (nSPS) is 29.3. The van der Waals surface area contributed by atoms with E-state index in [4.69, 9.17) is 25.8 Å². The molecule has 1 aromatic heterocycles. The lowest BCUT2D eigenvalue weighted by Gasteiger charge is -2.40. The van der Waals surface area contributed by atoms with Crippen molar-refractivity contribution in [2.45, 2.75) is 49.9 Å². The molecule has 26 heavy (non-hydrogen) atoms. The van der Waals surface area contributed by atoms with Gasteiger partial charge in [-0.15, -0.1) is 0 Å². The molecule has 0 unspecified atom stereocenters. The van der Waals surface area contributed by atoms with Gasteiger partial charge in [-0.25, -0.2) is 0 Å². The molecule has 6 nitrogen and oxygen atoms in total. The smallest absolute Gasteiger partial charge is 0.225 e. The Hall–Kier alpha value is -1.37. The Labute approximate surface area is 158 Å². The van der Waals surface area contributed by atoms with Crippen LogP contribution in [0.1, 0.15) is 32.1 Å². The van der Waals surface area contributed by atoms with Gasteiger partial charge in [-0.3, -0.25) is 9.78 Å². The molecule has 0 radical (unpaired) electrons. The highest BCUT2D eigenvalue weighted by Gasteiger charge is 2.46. The first kappa shape index (κ1) is 18.0. The summed E-state index contributed by atoms with van der Waals surface area (Å²) in [4.78, 5) is 18.6. The molecule has 0 bridgehead atoms. The van der Waals surface area contributed by atoms with Crippen LogP contribution in [0.25, 0.3) is 0 Å². The van der Waals surface area contributed by atoms with Crippen LogP contribution < -0.4 is 4.74 Å². The quantitative estimate of drug-likeness (QED) is 0.759. The minimum absolute atomic E-state index is 0.0539. The number of nitrogens with zero attached hydrogens (tertiary/aromatic N) is 2. The van der Waals surface area contributed by atoms with Gasteiger partial charge >= 0.3 is 0 Å². The molecule has 1 saturated carbocycles. The third kappa shape index (κ3) is 3.68. The van der Waals surface area contributed by atoms with Crippen molar-refractivity contribution in [1.29, 1.82) is 0 Å². The fourth-order valence-electron chi connectivity index (χ4n) is 4.25. The van der Waals surface area contributed by atoms with Crippen molar-refractivity contribution in [2.75, 3.05) is 26.8 Å². The fourth-order valence-corrected chi connectivity index (χ4v) is 4.41. The van der Waals surface area contributed by atoms with Crippen molar-refractivity contribution < 1.29 is 19.0 Å². The monoisotopic (exact) mass is 380 g/mol. The van der Waals surface area contributed by atoms with Gasteiger partial charge in [0.15, 0.2) is 0 Å². The number of pyridine rings is 1. The Morgan fingerprint density at radius 3 is 2.92 bits per heavy atom. The van der Waals surface area contributed by atoms with Crippen LogP contribution in [-0.2, 0) is 14.3 Å². The van der Waals surface area contributed by atoms with E-state index in [0.29, 0.717) is 36.3 Å². The highest BCUT2D eigenvalue weighted by molar-refractivity contribution is 6.30. The van der Waals surface area contributed by atoms with E-state index in [1.54, 1.807) is 25.6 Å². The van der Waals surface area contributed by atoms with Gasteiger partial charge in [0.2, 0.25) is 5.91 Å². The molecule has 0 spiro atoms. The van der Waals surface area contributed by atoms with E-state index < -0.39 is 0 Å². The van der Waals surface area contributed by atoms with Crippen molar-refractivity contribution in [2.24, 2.45) is 5.92 Å². The minimum atomic E-state index is -0.211. The minimum Gasteiger partial charge on any atom is -0.489 e. The van der Waals surface area contributed by atoms with E-state index >= 15 is 0 Å². The summed E-state index contributed by atoms with van der Waals surface area (Å²) in [5, 5.41) is 0.557. The molecular weight excluding hydrogens is 356 g/mol. The summed E-state index contributed by atoms with van der Waals surface area (Å²) >= 11 is 5.91. The molecule has 1 aromatic rings. The number of rotatable bonds is 6. The Kier molecular flexibility index (Phi) is 5.08. The number of aromatic nitrogens is 1. The number of carbonyl (C=O) groups is 1. The molecule has 3 fully saturated rings. The van der Waals surface area contributed by atoms with Crippen LogP contribution in [0.2, 0.25) is 5.02 Å². The second-order valence-corrected chi connectivity index (χ2v) is 8.09. The summed E-state index contributed by atoms with van der Waals surface area (Å²) in [7, 11) is 1.72. The molecule has 3 aliphatic rings. The summed E-state index contributed by atoms with van der Waals surface area (Å²) in [6.07, 6.45) is 7.94. The van der Waals surface area contributed by atoms with E-state index in [9.17, 15) is 4.79 Å². The van der Waals surface area contributed by atoms with E-state index in [1.807, 2.05) is 4.90 Å². The van der Waals surface area contributed by atoms with Crippen molar-refractivity contribution >= 4 is 17.5 Å². The second kappa shape index (κ2) is 7.33. The van der Waals surface area contributed by atoms with Crippen LogP contribution in [0.4, 0.5) is 0 Å². The van der Waals surface area contributed by atoms with Gasteiger partial charge in [0.05, 0.1) is 35.4 Å². The number of ether oxygens (including phenoxy) is 3. The second-order valence-electron chi connectivity index (χ2n) is 7.66. The summed E-state index contributed by atoms with van der Waals surface area (Å²) in [6.45, 7) is 1.94. The van der Waals surface area contributed by atoms with Gasteiger partial charge < -0.3 is 19.1 Å². The van der Waals surface area contributed by atoms with Crippen LogP contribution in [-0.4, -0.2) is 60.4 Å². The highest BCUT2D eigenvalue weighted by Crippen LogP contribution is 2.40. The topological polar surface area (TPSA) is 60.9 Å². The number of amides is 1. The summed E-state index contributed by atoms with van der Waals surface area (Å²) in [5.41, 5.74) is -0.211. The number of carbonyl (C=O) groups excluding carboxylic acids is 1. The van der Waals surface area contributed by atoms with Crippen LogP contribution in [0.3, 0.4) is 0 Å². The standard InChI is InChI=1S/C19H25ClN2O4/c1-24-19(3-2-4-19)7-18(23)22-10-13-5-16(26-17(13)11-22)12-25-15-6-14(20)8-21-9-15/h6,8-9,13,16-17H,2-5,7,10-12H2,1H3/t13-,16-,17+/m0/s1. The van der Waals surface area contributed by atoms with Gasteiger partial charge in [0, 0.05) is 38.4 Å². The van der Waals surface area contributed by atoms with Crippen LogP contribution in [0, 0.1) is 5.92 Å². The number of likely N-dealkylation sites (tertiary alicyclic amines) is 1. The summed E-state index contributed by atoms with van der Waals surface area (Å²) in [5.74, 6) is 1.24. The lowest BCUT2D eigenvalue weighted by Crippen LogP contribution is -2.45. The summed E-state index contributed by atoms with van der Waals surface area (Å²) in [6, 6.07) is 1.75. The summed E-state index contributed by atoms with van der Waals surface area (Å²) < 4.78 is 17.4. The van der Waals surface area contributed by atoms with Crippen LogP contribution in [0.15, 0.2) is 18.5 Å². The average Bonchev–Trinajstić information content (AvgIpc) is 3.15. The van der Waals surface area contributed by atoms with Gasteiger partial charge in [-0.05, 0) is 25.7 Å². The maximum Gasteiger partial charge on any atom is 0.225 e. The van der Waals surface area contributed by atoms with E-state index in [-0.39, 0.29) is 23.7 Å². The van der Waals surface area contributed by atoms with Crippen molar-refractivity contribution in [3.63, 3.8) is 0 Å². The van der Waals surface area contributed by atoms with Gasteiger partial charge in [0.25, 0.3) is 0 Å². The number of fused-ring (bicyclic) bond motifs is 1. The third-order valence-electron chi connectivity index (χ3n) is 5.95. The predicted molar refractivity (Wildman–Crippen MR) is 96.3 cm³/mol. The zero-order valence-corrected chi connectivity index (χ0v) is 15.8. The molecule has 2 saturated heterocycles. The SMILES string of the molecule is COC1(CC(=O)N2C[C@@H]3C[C@@H](COc4cncc(Cl)c4)O[C@@H]3C2)CCC1. The van der Waals surface area contributed by atoms with Gasteiger partial charge in [0.1, 0.15) is 12.4 Å². The zero-order chi connectivity index (χ0) is 18.1. The highest BCUT2D eigenvalue weighted by atomic mass is 35.5. The number of hydrogen-bond donors (Lipinski definition) is 0. The van der Waals surface area contributed by atoms with E-state index in [1.165, 1.54) is 0 Å². The van der Waals surface area contributed by atoms with E-state index in [0.717, 1.165) is 32.2 Å². The lowest BCUT2D eigenvalue weighted by molar-refractivity contribution is -0.144. The molecule has 1 amide bonds. The van der Waals surface area contributed by atoms with Gasteiger partial charge in [-0.2, -0.15) is 0 Å². The Bertz CT molecular complexity index is 647. The molecule has 0 aromatic carbocycles. The molecule has 0 N–H and O–H groups in total. The molecule has 2 aliphatic heterocycles. The van der Waals surface area contributed by atoms with Gasteiger partial charge in [-0.1, -0.05) is 11.6 Å². The molecular formula is C19H25ClN2O4. The van der Waals surface area contributed by atoms with E-state index in [2.05, 4.69) is 4.98 Å². The third-order valence-corrected chi connectivity index (χ3v) is 6.16. The van der Waals surface area contributed by atoms with Crippen molar-refractivity contribution in [3.05, 3.63) is 23.5 Å². The average molecular weight is 381 g/mol. The molecule has 7 heteroatoms. The van der Waals surface area contributed by atoms with Crippen molar-refractivity contribution in [3.8, 4) is 5.75 Å². The molecule has 3 heterocycles. The number of methoxy groups -OCH3 is 1. The van der Waals surface area contributed by atoms with Crippen LogP contribution in [0.5, 0.6) is 5.75 Å².